The molecule has 0 bridgehead atoms. The molecule has 1 amide bonds. The SMILES string of the molecule is COC1CC(NC(=O)c2cnc(NCCN3CCCC3)c(Cc3ccc(F)cc3)n2)C1. The summed E-state index contributed by atoms with van der Waals surface area (Å²) < 4.78 is 18.6. The van der Waals surface area contributed by atoms with Gasteiger partial charge in [-0.2, -0.15) is 0 Å². The van der Waals surface area contributed by atoms with Crippen molar-refractivity contribution in [3.05, 3.63) is 53.2 Å². The Morgan fingerprint density at radius 1 is 1.23 bits per heavy atom. The van der Waals surface area contributed by atoms with E-state index >= 15 is 0 Å². The summed E-state index contributed by atoms with van der Waals surface area (Å²) in [5.41, 5.74) is 1.89. The van der Waals surface area contributed by atoms with Crippen molar-refractivity contribution < 1.29 is 13.9 Å². The van der Waals surface area contributed by atoms with Gasteiger partial charge in [-0.1, -0.05) is 12.1 Å². The number of rotatable bonds is 9. The molecule has 1 saturated carbocycles. The minimum absolute atomic E-state index is 0.109. The van der Waals surface area contributed by atoms with E-state index in [1.165, 1.54) is 31.2 Å². The molecule has 166 valence electrons. The van der Waals surface area contributed by atoms with Crippen molar-refractivity contribution in [2.75, 3.05) is 38.6 Å². The lowest BCUT2D eigenvalue weighted by Crippen LogP contribution is -2.47. The van der Waals surface area contributed by atoms with Crippen LogP contribution in [0, 0.1) is 5.82 Å². The van der Waals surface area contributed by atoms with Gasteiger partial charge in [0.1, 0.15) is 17.3 Å². The Morgan fingerprint density at radius 3 is 2.68 bits per heavy atom. The van der Waals surface area contributed by atoms with Crippen LogP contribution in [-0.4, -0.2) is 66.2 Å². The fourth-order valence-corrected chi connectivity index (χ4v) is 4.08. The van der Waals surface area contributed by atoms with Crippen LogP contribution < -0.4 is 10.6 Å². The summed E-state index contributed by atoms with van der Waals surface area (Å²) in [6.45, 7) is 3.99. The van der Waals surface area contributed by atoms with Gasteiger partial charge in [-0.15, -0.1) is 0 Å². The summed E-state index contributed by atoms with van der Waals surface area (Å²) in [5, 5.41) is 6.37. The number of nitrogens with zero attached hydrogens (tertiary/aromatic N) is 3. The highest BCUT2D eigenvalue weighted by Gasteiger charge is 2.30. The Balaban J connectivity index is 1.45. The van der Waals surface area contributed by atoms with Crippen molar-refractivity contribution >= 4 is 11.7 Å². The second-order valence-electron chi connectivity index (χ2n) is 8.33. The van der Waals surface area contributed by atoms with Crippen LogP contribution in [0.1, 0.15) is 47.4 Å². The maximum absolute atomic E-state index is 13.3. The highest BCUT2D eigenvalue weighted by atomic mass is 19.1. The van der Waals surface area contributed by atoms with Gasteiger partial charge >= 0.3 is 0 Å². The highest BCUT2D eigenvalue weighted by Crippen LogP contribution is 2.23. The van der Waals surface area contributed by atoms with E-state index in [2.05, 4.69) is 25.5 Å². The van der Waals surface area contributed by atoms with Gasteiger partial charge < -0.3 is 20.3 Å². The molecule has 0 atom stereocenters. The lowest BCUT2D eigenvalue weighted by molar-refractivity contribution is 0.0175. The van der Waals surface area contributed by atoms with Gasteiger partial charge in [0.15, 0.2) is 0 Å². The molecule has 1 saturated heterocycles. The van der Waals surface area contributed by atoms with Gasteiger partial charge in [0, 0.05) is 32.7 Å². The van der Waals surface area contributed by atoms with Gasteiger partial charge in [0.2, 0.25) is 0 Å². The number of hydrogen-bond donors (Lipinski definition) is 2. The van der Waals surface area contributed by atoms with Crippen molar-refractivity contribution in [1.82, 2.24) is 20.2 Å². The van der Waals surface area contributed by atoms with Crippen LogP contribution in [0.2, 0.25) is 0 Å². The number of halogens is 1. The minimum atomic E-state index is -0.276. The number of anilines is 1. The first-order valence-corrected chi connectivity index (χ1v) is 11.0. The zero-order valence-electron chi connectivity index (χ0n) is 17.9. The maximum Gasteiger partial charge on any atom is 0.271 e. The number of carbonyl (C=O) groups is 1. The first-order valence-electron chi connectivity index (χ1n) is 11.0. The predicted octanol–water partition coefficient (Wildman–Crippen LogP) is 2.62. The van der Waals surface area contributed by atoms with Gasteiger partial charge in [-0.3, -0.25) is 4.79 Å². The van der Waals surface area contributed by atoms with Crippen LogP contribution >= 0.6 is 0 Å². The molecule has 2 aliphatic rings. The summed E-state index contributed by atoms with van der Waals surface area (Å²) >= 11 is 0. The largest absolute Gasteiger partial charge is 0.381 e. The number of amides is 1. The average molecular weight is 428 g/mol. The molecule has 1 aromatic carbocycles. The number of likely N-dealkylation sites (tertiary alicyclic amines) is 1. The normalized spacial score (nSPS) is 21.0. The smallest absolute Gasteiger partial charge is 0.271 e. The molecule has 1 aliphatic heterocycles. The van der Waals surface area contributed by atoms with Crippen molar-refractivity contribution in [3.63, 3.8) is 0 Å². The summed E-state index contributed by atoms with van der Waals surface area (Å²) in [4.78, 5) is 24.2. The molecule has 2 N–H and O–H groups in total. The Bertz CT molecular complexity index is 880. The molecule has 4 rings (SSSR count). The zero-order valence-corrected chi connectivity index (χ0v) is 17.9. The predicted molar refractivity (Wildman–Crippen MR) is 117 cm³/mol. The first-order chi connectivity index (χ1) is 15.1. The van der Waals surface area contributed by atoms with Gasteiger partial charge in [-0.05, 0) is 56.5 Å². The van der Waals surface area contributed by atoms with E-state index in [4.69, 9.17) is 4.74 Å². The molecular formula is C23H30FN5O2. The van der Waals surface area contributed by atoms with Crippen LogP contribution in [0.5, 0.6) is 0 Å². The fraction of sp³-hybridized carbons (Fsp3) is 0.522. The van der Waals surface area contributed by atoms with Crippen LogP contribution in [0.25, 0.3) is 0 Å². The summed E-state index contributed by atoms with van der Waals surface area (Å²) in [6.07, 6.45) is 6.34. The van der Waals surface area contributed by atoms with Gasteiger partial charge in [0.05, 0.1) is 18.0 Å². The lowest BCUT2D eigenvalue weighted by Gasteiger charge is -2.34. The Labute approximate surface area is 182 Å². The van der Waals surface area contributed by atoms with Crippen LogP contribution in [0.15, 0.2) is 30.5 Å². The average Bonchev–Trinajstić information content (AvgIpc) is 3.26. The van der Waals surface area contributed by atoms with Crippen molar-refractivity contribution in [1.29, 1.82) is 0 Å². The van der Waals surface area contributed by atoms with E-state index < -0.39 is 0 Å². The molecular weight excluding hydrogens is 397 g/mol. The molecule has 2 aromatic rings. The number of carbonyl (C=O) groups excluding carboxylic acids is 1. The van der Waals surface area contributed by atoms with Crippen LogP contribution in [0.4, 0.5) is 10.2 Å². The molecule has 2 heterocycles. The molecule has 2 fully saturated rings. The Kier molecular flexibility index (Phi) is 7.09. The topological polar surface area (TPSA) is 79.4 Å². The third-order valence-corrected chi connectivity index (χ3v) is 6.04. The molecule has 7 nitrogen and oxygen atoms in total. The Morgan fingerprint density at radius 2 is 1.97 bits per heavy atom. The third kappa shape index (κ3) is 5.77. The number of benzene rings is 1. The van der Waals surface area contributed by atoms with Crippen LogP contribution in [0.3, 0.4) is 0 Å². The summed E-state index contributed by atoms with van der Waals surface area (Å²) in [5.74, 6) is 0.168. The van der Waals surface area contributed by atoms with Gasteiger partial charge in [0.25, 0.3) is 5.91 Å². The van der Waals surface area contributed by atoms with E-state index in [9.17, 15) is 9.18 Å². The summed E-state index contributed by atoms with van der Waals surface area (Å²) in [6, 6.07) is 6.44. The lowest BCUT2D eigenvalue weighted by atomic mass is 9.89. The second kappa shape index (κ2) is 10.2. The molecule has 1 aliphatic carbocycles. The highest BCUT2D eigenvalue weighted by molar-refractivity contribution is 5.92. The van der Waals surface area contributed by atoms with E-state index in [0.29, 0.717) is 23.6 Å². The second-order valence-corrected chi connectivity index (χ2v) is 8.33. The van der Waals surface area contributed by atoms with E-state index in [-0.39, 0.29) is 23.9 Å². The summed E-state index contributed by atoms with van der Waals surface area (Å²) in [7, 11) is 1.69. The van der Waals surface area contributed by atoms with Crippen molar-refractivity contribution in [2.24, 2.45) is 0 Å². The molecule has 0 radical (unpaired) electrons. The minimum Gasteiger partial charge on any atom is -0.381 e. The molecule has 31 heavy (non-hydrogen) atoms. The van der Waals surface area contributed by atoms with Gasteiger partial charge in [-0.25, -0.2) is 14.4 Å². The Hall–Kier alpha value is -2.58. The molecule has 0 unspecified atom stereocenters. The third-order valence-electron chi connectivity index (χ3n) is 6.04. The number of nitrogens with one attached hydrogen (secondary N) is 2. The number of ether oxygens (including phenoxy) is 1. The maximum atomic E-state index is 13.3. The first kappa shape index (κ1) is 21.6. The van der Waals surface area contributed by atoms with Crippen LogP contribution in [-0.2, 0) is 11.2 Å². The van der Waals surface area contributed by atoms with E-state index in [1.54, 1.807) is 19.2 Å². The van der Waals surface area contributed by atoms with Crippen molar-refractivity contribution in [3.8, 4) is 0 Å². The van der Waals surface area contributed by atoms with Crippen molar-refractivity contribution in [2.45, 2.75) is 44.2 Å². The number of aromatic nitrogens is 2. The number of hydrogen-bond acceptors (Lipinski definition) is 6. The molecule has 1 aromatic heterocycles. The standard InChI is InChI=1S/C23H30FN5O2/c1-31-19-13-18(14-19)27-23(30)21-15-26-22(25-8-11-29-9-2-3-10-29)20(28-21)12-16-4-6-17(24)7-5-16/h4-7,15,18-19H,2-3,8-14H2,1H3,(H,25,26)(H,27,30). The molecule has 0 spiro atoms. The van der Waals surface area contributed by atoms with E-state index in [1.807, 2.05) is 0 Å². The molecule has 8 heteroatoms. The zero-order chi connectivity index (χ0) is 21.6. The monoisotopic (exact) mass is 427 g/mol. The van der Waals surface area contributed by atoms with E-state index in [0.717, 1.165) is 44.6 Å². The quantitative estimate of drug-likeness (QED) is 0.641. The fourth-order valence-electron chi connectivity index (χ4n) is 4.08. The number of methoxy groups -OCH3 is 1.